The van der Waals surface area contributed by atoms with Crippen LogP contribution in [0.3, 0.4) is 0 Å². The SMILES string of the molecule is CCN(C(=O)c1cc2ccccc2[nH]1)C1CCCC(NCc2oc3ccccc3c2C)C1. The molecule has 5 heteroatoms. The van der Waals surface area contributed by atoms with E-state index in [-0.39, 0.29) is 11.9 Å². The number of amides is 1. The van der Waals surface area contributed by atoms with Crippen LogP contribution in [-0.2, 0) is 6.54 Å². The van der Waals surface area contributed by atoms with Crippen LogP contribution in [-0.4, -0.2) is 34.4 Å². The van der Waals surface area contributed by atoms with Crippen molar-refractivity contribution in [1.82, 2.24) is 15.2 Å². The smallest absolute Gasteiger partial charge is 0.270 e. The number of hydrogen-bond donors (Lipinski definition) is 2. The fourth-order valence-corrected chi connectivity index (χ4v) is 5.17. The van der Waals surface area contributed by atoms with Crippen LogP contribution in [0, 0.1) is 6.92 Å². The monoisotopic (exact) mass is 429 g/mol. The first-order chi connectivity index (χ1) is 15.6. The van der Waals surface area contributed by atoms with Gasteiger partial charge in [-0.05, 0) is 63.3 Å². The maximum Gasteiger partial charge on any atom is 0.270 e. The molecule has 1 fully saturated rings. The third kappa shape index (κ3) is 3.93. The molecule has 2 N–H and O–H groups in total. The Hall–Kier alpha value is -3.05. The van der Waals surface area contributed by atoms with Gasteiger partial charge in [0.2, 0.25) is 0 Å². The molecule has 2 unspecified atom stereocenters. The van der Waals surface area contributed by atoms with Gasteiger partial charge in [0, 0.05) is 34.9 Å². The molecule has 5 rings (SSSR count). The molecule has 166 valence electrons. The molecule has 1 aliphatic rings. The van der Waals surface area contributed by atoms with Crippen LogP contribution in [0.4, 0.5) is 0 Å². The van der Waals surface area contributed by atoms with Gasteiger partial charge in [0.25, 0.3) is 5.91 Å². The van der Waals surface area contributed by atoms with Gasteiger partial charge in [-0.3, -0.25) is 4.79 Å². The van der Waals surface area contributed by atoms with E-state index in [1.54, 1.807) is 0 Å². The second-order valence-corrected chi connectivity index (χ2v) is 8.91. The quantitative estimate of drug-likeness (QED) is 0.408. The first-order valence-electron chi connectivity index (χ1n) is 11.7. The molecule has 2 aromatic carbocycles. The number of carbonyl (C=O) groups excluding carboxylic acids is 1. The lowest BCUT2D eigenvalue weighted by Gasteiger charge is -2.37. The Kier molecular flexibility index (Phi) is 5.75. The van der Waals surface area contributed by atoms with Crippen molar-refractivity contribution in [3.05, 3.63) is 71.6 Å². The molecule has 1 saturated carbocycles. The number of fused-ring (bicyclic) bond motifs is 2. The van der Waals surface area contributed by atoms with Crippen molar-refractivity contribution in [2.75, 3.05) is 6.54 Å². The van der Waals surface area contributed by atoms with E-state index in [4.69, 9.17) is 4.42 Å². The summed E-state index contributed by atoms with van der Waals surface area (Å²) in [4.78, 5) is 18.7. The number of rotatable bonds is 6. The molecule has 0 spiro atoms. The standard InChI is InChI=1S/C27H31N3O2/c1-3-30(27(31)24-15-19-9-4-6-13-23(19)29-24)21-11-8-10-20(16-21)28-17-26-18(2)22-12-5-7-14-25(22)32-26/h4-7,9,12-15,20-21,28-29H,3,8,10-11,16-17H2,1-2H3. The zero-order valence-corrected chi connectivity index (χ0v) is 18.9. The van der Waals surface area contributed by atoms with E-state index in [9.17, 15) is 4.79 Å². The summed E-state index contributed by atoms with van der Waals surface area (Å²) in [6, 6.07) is 18.9. The Morgan fingerprint density at radius 1 is 1.16 bits per heavy atom. The lowest BCUT2D eigenvalue weighted by Crippen LogP contribution is -2.46. The molecular formula is C27H31N3O2. The number of hydrogen-bond acceptors (Lipinski definition) is 3. The summed E-state index contributed by atoms with van der Waals surface area (Å²) in [7, 11) is 0. The Morgan fingerprint density at radius 2 is 1.97 bits per heavy atom. The predicted octanol–water partition coefficient (Wildman–Crippen LogP) is 5.79. The van der Waals surface area contributed by atoms with Gasteiger partial charge in [0.15, 0.2) is 0 Å². The van der Waals surface area contributed by atoms with Gasteiger partial charge in [-0.2, -0.15) is 0 Å². The number of aryl methyl sites for hydroxylation is 1. The summed E-state index contributed by atoms with van der Waals surface area (Å²) in [5.74, 6) is 1.11. The number of aromatic nitrogens is 1. The maximum absolute atomic E-state index is 13.3. The second kappa shape index (κ2) is 8.83. The molecule has 0 aliphatic heterocycles. The first kappa shape index (κ1) is 20.8. The normalized spacial score (nSPS) is 18.9. The highest BCUT2D eigenvalue weighted by atomic mass is 16.3. The number of nitrogens with one attached hydrogen (secondary N) is 2. The van der Waals surface area contributed by atoms with Crippen LogP contribution < -0.4 is 5.32 Å². The number of nitrogens with zero attached hydrogens (tertiary/aromatic N) is 1. The van der Waals surface area contributed by atoms with Crippen LogP contribution in [0.25, 0.3) is 21.9 Å². The van der Waals surface area contributed by atoms with E-state index in [2.05, 4.69) is 36.3 Å². The zero-order chi connectivity index (χ0) is 22.1. The van der Waals surface area contributed by atoms with Crippen molar-refractivity contribution >= 4 is 27.8 Å². The van der Waals surface area contributed by atoms with E-state index < -0.39 is 0 Å². The topological polar surface area (TPSA) is 61.3 Å². The van der Waals surface area contributed by atoms with Crippen molar-refractivity contribution in [2.45, 2.75) is 58.2 Å². The summed E-state index contributed by atoms with van der Waals surface area (Å²) in [5, 5.41) is 5.98. The average molecular weight is 430 g/mol. The number of aromatic amines is 1. The average Bonchev–Trinajstić information content (AvgIpc) is 3.40. The highest BCUT2D eigenvalue weighted by Gasteiger charge is 2.30. The van der Waals surface area contributed by atoms with Gasteiger partial charge in [-0.1, -0.05) is 36.4 Å². The molecule has 1 aliphatic carbocycles. The van der Waals surface area contributed by atoms with Crippen LogP contribution in [0.15, 0.2) is 59.0 Å². The van der Waals surface area contributed by atoms with Gasteiger partial charge in [0.05, 0.1) is 6.54 Å². The summed E-state index contributed by atoms with van der Waals surface area (Å²) >= 11 is 0. The number of H-pyrrole nitrogens is 1. The Balaban J connectivity index is 1.26. The highest BCUT2D eigenvalue weighted by Crippen LogP contribution is 2.28. The number of carbonyl (C=O) groups is 1. The van der Waals surface area contributed by atoms with E-state index >= 15 is 0 Å². The summed E-state index contributed by atoms with van der Waals surface area (Å²) in [6.45, 7) is 5.65. The van der Waals surface area contributed by atoms with E-state index in [0.717, 1.165) is 54.5 Å². The lowest BCUT2D eigenvalue weighted by atomic mass is 9.89. The molecule has 0 bridgehead atoms. The predicted molar refractivity (Wildman–Crippen MR) is 129 cm³/mol. The third-order valence-corrected chi connectivity index (χ3v) is 6.94. The minimum absolute atomic E-state index is 0.0995. The molecular weight excluding hydrogens is 398 g/mol. The molecule has 1 amide bonds. The molecule has 5 nitrogen and oxygen atoms in total. The number of benzene rings is 2. The number of furan rings is 1. The van der Waals surface area contributed by atoms with E-state index in [0.29, 0.717) is 18.3 Å². The fourth-order valence-electron chi connectivity index (χ4n) is 5.17. The van der Waals surface area contributed by atoms with Crippen molar-refractivity contribution in [2.24, 2.45) is 0 Å². The van der Waals surface area contributed by atoms with E-state index in [1.165, 1.54) is 10.9 Å². The molecule has 0 saturated heterocycles. The molecule has 2 aromatic heterocycles. The van der Waals surface area contributed by atoms with Crippen LogP contribution in [0.5, 0.6) is 0 Å². The number of para-hydroxylation sites is 2. The second-order valence-electron chi connectivity index (χ2n) is 8.91. The highest BCUT2D eigenvalue weighted by molar-refractivity contribution is 5.98. The van der Waals surface area contributed by atoms with Crippen LogP contribution in [0.1, 0.15) is 54.4 Å². The van der Waals surface area contributed by atoms with Gasteiger partial charge in [-0.15, -0.1) is 0 Å². The van der Waals surface area contributed by atoms with Crippen molar-refractivity contribution in [3.63, 3.8) is 0 Å². The van der Waals surface area contributed by atoms with Gasteiger partial charge in [0.1, 0.15) is 17.0 Å². The van der Waals surface area contributed by atoms with Crippen molar-refractivity contribution in [3.8, 4) is 0 Å². The lowest BCUT2D eigenvalue weighted by molar-refractivity contribution is 0.0622. The zero-order valence-electron chi connectivity index (χ0n) is 18.9. The van der Waals surface area contributed by atoms with Crippen LogP contribution in [0.2, 0.25) is 0 Å². The molecule has 4 aromatic rings. The van der Waals surface area contributed by atoms with Gasteiger partial charge in [-0.25, -0.2) is 0 Å². The Morgan fingerprint density at radius 3 is 2.78 bits per heavy atom. The largest absolute Gasteiger partial charge is 0.459 e. The molecule has 0 radical (unpaired) electrons. The first-order valence-corrected chi connectivity index (χ1v) is 11.7. The van der Waals surface area contributed by atoms with Gasteiger partial charge < -0.3 is 19.6 Å². The maximum atomic E-state index is 13.3. The van der Waals surface area contributed by atoms with Crippen LogP contribution >= 0.6 is 0 Å². The minimum atomic E-state index is 0.0995. The summed E-state index contributed by atoms with van der Waals surface area (Å²) < 4.78 is 6.08. The molecule has 2 atom stereocenters. The Bertz CT molecular complexity index is 1210. The summed E-state index contributed by atoms with van der Waals surface area (Å²) in [6.07, 6.45) is 4.28. The van der Waals surface area contributed by atoms with Crippen molar-refractivity contribution < 1.29 is 9.21 Å². The third-order valence-electron chi connectivity index (χ3n) is 6.94. The van der Waals surface area contributed by atoms with Gasteiger partial charge >= 0.3 is 0 Å². The van der Waals surface area contributed by atoms with E-state index in [1.807, 2.05) is 47.4 Å². The summed E-state index contributed by atoms with van der Waals surface area (Å²) in [5.41, 5.74) is 3.85. The fraction of sp³-hybridized carbons (Fsp3) is 0.370. The minimum Gasteiger partial charge on any atom is -0.459 e. The van der Waals surface area contributed by atoms with Crippen molar-refractivity contribution in [1.29, 1.82) is 0 Å². The molecule has 2 heterocycles. The molecule has 32 heavy (non-hydrogen) atoms. The Labute approximate surface area is 188 Å².